The fraction of sp³-hybridized carbons (Fsp3) is 0.353. The second kappa shape index (κ2) is 5.23. The quantitative estimate of drug-likeness (QED) is 0.779. The first kappa shape index (κ1) is 14.3. The molecule has 0 amide bonds. The van der Waals surface area contributed by atoms with Crippen molar-refractivity contribution in [2.75, 3.05) is 18.9 Å². The van der Waals surface area contributed by atoms with Crippen LogP contribution in [0.15, 0.2) is 28.9 Å². The zero-order chi connectivity index (χ0) is 17.0. The Morgan fingerprint density at radius 2 is 2.00 bits per heavy atom. The molecule has 1 aromatic carbocycles. The summed E-state index contributed by atoms with van der Waals surface area (Å²) in [4.78, 5) is 4.51. The maximum atomic E-state index is 5.97. The van der Waals surface area contributed by atoms with E-state index in [9.17, 15) is 0 Å². The summed E-state index contributed by atoms with van der Waals surface area (Å²) in [6, 6.07) is 6.10. The Balaban J connectivity index is 1.37. The molecule has 1 saturated carbocycles. The van der Waals surface area contributed by atoms with Crippen molar-refractivity contribution in [3.8, 4) is 22.9 Å². The molecule has 2 aliphatic rings. The number of nitrogens with two attached hydrogens (primary N) is 1. The SMILES string of the molecule is Cn1ncc(-c2noc(C3CC3c3ccc4c(c3)OCCO4)n2)c1N. The van der Waals surface area contributed by atoms with Crippen LogP contribution < -0.4 is 15.2 Å². The van der Waals surface area contributed by atoms with Crippen LogP contribution in [-0.2, 0) is 7.05 Å². The average Bonchev–Trinajstić information content (AvgIpc) is 3.18. The van der Waals surface area contributed by atoms with E-state index in [-0.39, 0.29) is 5.92 Å². The molecule has 1 aliphatic heterocycles. The van der Waals surface area contributed by atoms with Crippen LogP contribution in [0.3, 0.4) is 0 Å². The second-order valence-electron chi connectivity index (χ2n) is 6.38. The molecule has 8 heteroatoms. The Kier molecular flexibility index (Phi) is 3.00. The summed E-state index contributed by atoms with van der Waals surface area (Å²) < 4.78 is 18.3. The van der Waals surface area contributed by atoms with E-state index in [0.29, 0.717) is 42.2 Å². The molecule has 25 heavy (non-hydrogen) atoms. The van der Waals surface area contributed by atoms with Crippen LogP contribution in [0.1, 0.15) is 29.7 Å². The lowest BCUT2D eigenvalue weighted by atomic mass is 10.1. The van der Waals surface area contributed by atoms with Crippen molar-refractivity contribution >= 4 is 5.82 Å². The summed E-state index contributed by atoms with van der Waals surface area (Å²) in [6.07, 6.45) is 2.62. The van der Waals surface area contributed by atoms with Crippen molar-refractivity contribution in [1.82, 2.24) is 19.9 Å². The molecule has 5 rings (SSSR count). The van der Waals surface area contributed by atoms with Gasteiger partial charge in [0.2, 0.25) is 11.7 Å². The van der Waals surface area contributed by atoms with Gasteiger partial charge in [-0.05, 0) is 30.0 Å². The Bertz CT molecular complexity index is 948. The van der Waals surface area contributed by atoms with Crippen molar-refractivity contribution < 1.29 is 14.0 Å². The number of hydrogen-bond acceptors (Lipinski definition) is 7. The minimum atomic E-state index is 0.224. The van der Waals surface area contributed by atoms with Gasteiger partial charge in [0.15, 0.2) is 11.5 Å². The molecule has 0 spiro atoms. The predicted octanol–water partition coefficient (Wildman–Crippen LogP) is 2.09. The molecule has 3 aromatic rings. The molecule has 0 bridgehead atoms. The molecule has 2 atom stereocenters. The molecular weight excluding hydrogens is 322 g/mol. The molecule has 3 heterocycles. The van der Waals surface area contributed by atoms with Gasteiger partial charge in [0, 0.05) is 13.0 Å². The highest BCUT2D eigenvalue weighted by atomic mass is 16.6. The third-order valence-corrected chi connectivity index (χ3v) is 4.77. The van der Waals surface area contributed by atoms with Gasteiger partial charge in [-0.3, -0.25) is 4.68 Å². The zero-order valence-corrected chi connectivity index (χ0v) is 13.7. The molecule has 0 radical (unpaired) electrons. The Morgan fingerprint density at radius 3 is 2.80 bits per heavy atom. The van der Waals surface area contributed by atoms with Crippen LogP contribution in [0.5, 0.6) is 11.5 Å². The molecule has 1 fully saturated rings. The van der Waals surface area contributed by atoms with Crippen molar-refractivity contribution in [3.05, 3.63) is 35.9 Å². The number of anilines is 1. The number of fused-ring (bicyclic) bond motifs is 1. The molecule has 128 valence electrons. The van der Waals surface area contributed by atoms with E-state index in [2.05, 4.69) is 27.4 Å². The van der Waals surface area contributed by atoms with Crippen LogP contribution in [0.25, 0.3) is 11.4 Å². The minimum absolute atomic E-state index is 0.224. The number of aromatic nitrogens is 4. The second-order valence-corrected chi connectivity index (χ2v) is 6.38. The first-order valence-corrected chi connectivity index (χ1v) is 8.21. The summed E-state index contributed by atoms with van der Waals surface area (Å²) in [5.74, 6) is 3.83. The number of nitrogen functional groups attached to an aromatic ring is 1. The lowest BCUT2D eigenvalue weighted by molar-refractivity contribution is 0.171. The molecule has 0 saturated heterocycles. The normalized spacial score (nSPS) is 21.3. The van der Waals surface area contributed by atoms with Crippen molar-refractivity contribution in [3.63, 3.8) is 0 Å². The first-order chi connectivity index (χ1) is 12.2. The first-order valence-electron chi connectivity index (χ1n) is 8.21. The van der Waals surface area contributed by atoms with E-state index in [1.165, 1.54) is 5.56 Å². The number of nitrogens with zero attached hydrogens (tertiary/aromatic N) is 4. The topological polar surface area (TPSA) is 101 Å². The maximum Gasteiger partial charge on any atom is 0.230 e. The number of aryl methyl sites for hydroxylation is 1. The van der Waals surface area contributed by atoms with E-state index in [4.69, 9.17) is 19.7 Å². The highest BCUT2D eigenvalue weighted by Crippen LogP contribution is 2.55. The summed E-state index contributed by atoms with van der Waals surface area (Å²) in [6.45, 7) is 1.19. The lowest BCUT2D eigenvalue weighted by Gasteiger charge is -2.18. The third-order valence-electron chi connectivity index (χ3n) is 4.77. The van der Waals surface area contributed by atoms with Gasteiger partial charge in [-0.1, -0.05) is 11.2 Å². The lowest BCUT2D eigenvalue weighted by Crippen LogP contribution is -2.15. The smallest absolute Gasteiger partial charge is 0.230 e. The number of benzene rings is 1. The van der Waals surface area contributed by atoms with E-state index >= 15 is 0 Å². The monoisotopic (exact) mass is 339 g/mol. The number of ether oxygens (including phenoxy) is 2. The van der Waals surface area contributed by atoms with Gasteiger partial charge in [-0.25, -0.2) is 0 Å². The van der Waals surface area contributed by atoms with Crippen LogP contribution in [0, 0.1) is 0 Å². The summed E-state index contributed by atoms with van der Waals surface area (Å²) in [5.41, 5.74) is 7.86. The van der Waals surface area contributed by atoms with Crippen LogP contribution in [0.4, 0.5) is 5.82 Å². The van der Waals surface area contributed by atoms with E-state index in [0.717, 1.165) is 17.9 Å². The molecule has 1 aliphatic carbocycles. The standard InChI is InChI=1S/C17H17N5O3/c1-22-15(18)12(8-19-22)16-20-17(25-21-16)11-7-10(11)9-2-3-13-14(6-9)24-5-4-23-13/h2-3,6,8,10-11H,4-5,7,18H2,1H3. The molecular formula is C17H17N5O3. The van der Waals surface area contributed by atoms with E-state index in [1.54, 1.807) is 17.9 Å². The fourth-order valence-corrected chi connectivity index (χ4v) is 3.24. The molecule has 2 N–H and O–H groups in total. The Hall–Kier alpha value is -3.03. The van der Waals surface area contributed by atoms with Crippen LogP contribution >= 0.6 is 0 Å². The summed E-state index contributed by atoms with van der Waals surface area (Å²) in [5, 5.41) is 8.17. The largest absolute Gasteiger partial charge is 0.486 e. The third kappa shape index (κ3) is 2.33. The molecule has 2 unspecified atom stereocenters. The minimum Gasteiger partial charge on any atom is -0.486 e. The molecule has 8 nitrogen and oxygen atoms in total. The van der Waals surface area contributed by atoms with Gasteiger partial charge in [-0.2, -0.15) is 10.1 Å². The zero-order valence-electron chi connectivity index (χ0n) is 13.7. The fourth-order valence-electron chi connectivity index (χ4n) is 3.24. The van der Waals surface area contributed by atoms with Crippen molar-refractivity contribution in [2.45, 2.75) is 18.3 Å². The van der Waals surface area contributed by atoms with Crippen LogP contribution in [-0.4, -0.2) is 33.1 Å². The highest BCUT2D eigenvalue weighted by Gasteiger charge is 2.44. The number of hydrogen-bond donors (Lipinski definition) is 1. The molecule has 2 aromatic heterocycles. The van der Waals surface area contributed by atoms with Gasteiger partial charge in [0.1, 0.15) is 19.0 Å². The summed E-state index contributed by atoms with van der Waals surface area (Å²) in [7, 11) is 1.78. The van der Waals surface area contributed by atoms with Crippen LogP contribution in [0.2, 0.25) is 0 Å². The van der Waals surface area contributed by atoms with Crippen molar-refractivity contribution in [1.29, 1.82) is 0 Å². The maximum absolute atomic E-state index is 5.97. The van der Waals surface area contributed by atoms with E-state index < -0.39 is 0 Å². The Labute approximate surface area is 143 Å². The van der Waals surface area contributed by atoms with Gasteiger partial charge in [0.05, 0.1) is 11.8 Å². The highest BCUT2D eigenvalue weighted by molar-refractivity contribution is 5.67. The van der Waals surface area contributed by atoms with Gasteiger partial charge in [0.25, 0.3) is 0 Å². The average molecular weight is 339 g/mol. The predicted molar refractivity (Wildman–Crippen MR) is 88.4 cm³/mol. The van der Waals surface area contributed by atoms with Gasteiger partial charge in [-0.15, -0.1) is 0 Å². The summed E-state index contributed by atoms with van der Waals surface area (Å²) >= 11 is 0. The number of rotatable bonds is 3. The van der Waals surface area contributed by atoms with Gasteiger partial charge < -0.3 is 19.7 Å². The van der Waals surface area contributed by atoms with Gasteiger partial charge >= 0.3 is 0 Å². The van der Waals surface area contributed by atoms with E-state index in [1.807, 2.05) is 6.07 Å². The van der Waals surface area contributed by atoms with Crippen molar-refractivity contribution in [2.24, 2.45) is 7.05 Å². The Morgan fingerprint density at radius 1 is 1.16 bits per heavy atom.